The maximum absolute atomic E-state index is 13.7. The lowest BCUT2D eigenvalue weighted by Crippen LogP contribution is -2.20. The normalized spacial score (nSPS) is 20.4. The Kier molecular flexibility index (Phi) is 3.52. The van der Waals surface area contributed by atoms with Gasteiger partial charge in [0.05, 0.1) is 30.3 Å². The number of methoxy groups -OCH3 is 1. The Morgan fingerprint density at radius 2 is 2.35 bits per heavy atom. The summed E-state index contributed by atoms with van der Waals surface area (Å²) < 4.78 is 27.1. The summed E-state index contributed by atoms with van der Waals surface area (Å²) in [5.41, 5.74) is 1.52. The van der Waals surface area contributed by atoms with E-state index < -0.39 is 5.82 Å². The van der Waals surface area contributed by atoms with Gasteiger partial charge in [-0.15, -0.1) is 0 Å². The Hall–Kier alpha value is -1.40. The number of aromatic nitrogens is 2. The summed E-state index contributed by atoms with van der Waals surface area (Å²) in [6.07, 6.45) is 2.24. The van der Waals surface area contributed by atoms with Gasteiger partial charge >= 0.3 is 0 Å². The third-order valence-electron chi connectivity index (χ3n) is 3.90. The fraction of sp³-hybridized carbons (Fsp3) is 0.500. The van der Waals surface area contributed by atoms with Crippen LogP contribution in [0.5, 0.6) is 5.75 Å². The minimum atomic E-state index is -0.395. The molecule has 1 fully saturated rings. The molecule has 0 aliphatic carbocycles. The number of rotatable bonds is 3. The molecule has 108 valence electrons. The van der Waals surface area contributed by atoms with E-state index in [1.54, 1.807) is 6.07 Å². The summed E-state index contributed by atoms with van der Waals surface area (Å²) in [5.74, 6) is -0.173. The minimum absolute atomic E-state index is 0.105. The van der Waals surface area contributed by atoms with Gasteiger partial charge in [-0.25, -0.2) is 4.39 Å². The fourth-order valence-electron chi connectivity index (χ4n) is 2.84. The number of fused-ring (bicyclic) bond motifs is 1. The van der Waals surface area contributed by atoms with E-state index in [1.165, 1.54) is 13.2 Å². The second kappa shape index (κ2) is 5.18. The summed E-state index contributed by atoms with van der Waals surface area (Å²) in [6, 6.07) is 3.21. The molecule has 4 nitrogen and oxygen atoms in total. The smallest absolute Gasteiger partial charge is 0.178 e. The molecule has 0 amide bonds. The lowest BCUT2D eigenvalue weighted by Gasteiger charge is -2.21. The standard InChI is InChI=1S/C14H17FN2O2S/c1-8(12-4-3-5-19-12)17-11-7-13(18-2)9(15)6-10(11)16-14(17)20/h6-8,12H,3-5H2,1-2H3,(H,16,20). The molecule has 2 aromatic rings. The number of nitrogens with zero attached hydrogens (tertiary/aromatic N) is 1. The zero-order chi connectivity index (χ0) is 14.3. The highest BCUT2D eigenvalue weighted by atomic mass is 32.1. The summed E-state index contributed by atoms with van der Waals surface area (Å²) in [5, 5.41) is 0. The van der Waals surface area contributed by atoms with Gasteiger partial charge < -0.3 is 19.0 Å². The number of hydrogen-bond donors (Lipinski definition) is 1. The molecular formula is C14H17FN2O2S. The van der Waals surface area contributed by atoms with Crippen LogP contribution in [0.4, 0.5) is 4.39 Å². The summed E-state index contributed by atoms with van der Waals surface area (Å²) in [6.45, 7) is 2.87. The van der Waals surface area contributed by atoms with Crippen molar-refractivity contribution in [2.24, 2.45) is 0 Å². The zero-order valence-corrected chi connectivity index (χ0v) is 12.3. The van der Waals surface area contributed by atoms with Gasteiger partial charge in [-0.2, -0.15) is 0 Å². The molecule has 0 spiro atoms. The largest absolute Gasteiger partial charge is 0.494 e. The molecule has 2 heterocycles. The van der Waals surface area contributed by atoms with Crippen LogP contribution in [0.1, 0.15) is 25.8 Å². The third-order valence-corrected chi connectivity index (χ3v) is 4.20. The molecule has 0 bridgehead atoms. The highest BCUT2D eigenvalue weighted by Crippen LogP contribution is 2.30. The van der Waals surface area contributed by atoms with Crippen LogP contribution in [-0.2, 0) is 4.74 Å². The Bertz CT molecular complexity index is 688. The van der Waals surface area contributed by atoms with E-state index in [2.05, 4.69) is 11.9 Å². The number of aromatic amines is 1. The molecule has 6 heteroatoms. The molecule has 0 saturated carbocycles. The predicted molar refractivity (Wildman–Crippen MR) is 77.3 cm³/mol. The monoisotopic (exact) mass is 296 g/mol. The summed E-state index contributed by atoms with van der Waals surface area (Å²) in [7, 11) is 1.46. The average molecular weight is 296 g/mol. The maximum atomic E-state index is 13.7. The van der Waals surface area contributed by atoms with Crippen LogP contribution in [0.2, 0.25) is 0 Å². The van der Waals surface area contributed by atoms with Crippen molar-refractivity contribution < 1.29 is 13.9 Å². The van der Waals surface area contributed by atoms with Crippen LogP contribution in [0, 0.1) is 10.6 Å². The number of imidazole rings is 1. The van der Waals surface area contributed by atoms with Crippen molar-refractivity contribution in [3.8, 4) is 5.75 Å². The van der Waals surface area contributed by atoms with Crippen LogP contribution >= 0.6 is 12.2 Å². The lowest BCUT2D eigenvalue weighted by atomic mass is 10.1. The van der Waals surface area contributed by atoms with Crippen molar-refractivity contribution in [3.63, 3.8) is 0 Å². The van der Waals surface area contributed by atoms with Gasteiger partial charge in [-0.1, -0.05) is 0 Å². The van der Waals surface area contributed by atoms with Crippen LogP contribution in [0.25, 0.3) is 11.0 Å². The van der Waals surface area contributed by atoms with Crippen molar-refractivity contribution in [2.75, 3.05) is 13.7 Å². The molecule has 1 aromatic carbocycles. The highest BCUT2D eigenvalue weighted by molar-refractivity contribution is 7.71. The van der Waals surface area contributed by atoms with Crippen LogP contribution in [0.15, 0.2) is 12.1 Å². The molecule has 2 unspecified atom stereocenters. The van der Waals surface area contributed by atoms with E-state index in [0.29, 0.717) is 10.3 Å². The van der Waals surface area contributed by atoms with Gasteiger partial charge in [0.1, 0.15) is 0 Å². The van der Waals surface area contributed by atoms with Crippen molar-refractivity contribution in [1.82, 2.24) is 9.55 Å². The number of ether oxygens (including phenoxy) is 2. The number of benzene rings is 1. The SMILES string of the molecule is COc1cc2c(cc1F)[nH]c(=S)n2C(C)C1CCCO1. The van der Waals surface area contributed by atoms with E-state index in [1.807, 2.05) is 4.57 Å². The quantitative estimate of drug-likeness (QED) is 0.880. The molecule has 3 rings (SSSR count). The Balaban J connectivity index is 2.14. The van der Waals surface area contributed by atoms with E-state index >= 15 is 0 Å². The summed E-state index contributed by atoms with van der Waals surface area (Å²) >= 11 is 5.38. The molecule has 1 aliphatic heterocycles. The topological polar surface area (TPSA) is 39.2 Å². The van der Waals surface area contributed by atoms with Gasteiger partial charge in [-0.05, 0) is 32.0 Å². The van der Waals surface area contributed by atoms with Crippen LogP contribution < -0.4 is 4.74 Å². The first-order valence-electron chi connectivity index (χ1n) is 6.71. The number of nitrogens with one attached hydrogen (secondary N) is 1. The van der Waals surface area contributed by atoms with Gasteiger partial charge in [0.15, 0.2) is 16.3 Å². The second-order valence-corrected chi connectivity index (χ2v) is 5.48. The summed E-state index contributed by atoms with van der Waals surface area (Å²) in [4.78, 5) is 3.05. The number of hydrogen-bond acceptors (Lipinski definition) is 3. The first-order valence-corrected chi connectivity index (χ1v) is 7.12. The second-order valence-electron chi connectivity index (χ2n) is 5.10. The Morgan fingerprint density at radius 1 is 1.55 bits per heavy atom. The van der Waals surface area contributed by atoms with Gasteiger partial charge in [0.2, 0.25) is 0 Å². The van der Waals surface area contributed by atoms with Crippen molar-refractivity contribution in [3.05, 3.63) is 22.7 Å². The Morgan fingerprint density at radius 3 is 3.00 bits per heavy atom. The molecule has 0 radical (unpaired) electrons. The van der Waals surface area contributed by atoms with Crippen LogP contribution in [0.3, 0.4) is 0 Å². The predicted octanol–water partition coefficient (Wildman–Crippen LogP) is 3.59. The maximum Gasteiger partial charge on any atom is 0.178 e. The molecule has 1 aromatic heterocycles. The molecule has 2 atom stereocenters. The highest BCUT2D eigenvalue weighted by Gasteiger charge is 2.26. The molecule has 1 aliphatic rings. The number of halogens is 1. The van der Waals surface area contributed by atoms with E-state index in [-0.39, 0.29) is 17.9 Å². The van der Waals surface area contributed by atoms with Crippen molar-refractivity contribution in [2.45, 2.75) is 31.9 Å². The van der Waals surface area contributed by atoms with Gasteiger partial charge in [-0.3, -0.25) is 0 Å². The molecule has 20 heavy (non-hydrogen) atoms. The molecular weight excluding hydrogens is 279 g/mol. The van der Waals surface area contributed by atoms with Crippen LogP contribution in [-0.4, -0.2) is 29.4 Å². The van der Waals surface area contributed by atoms with E-state index in [9.17, 15) is 4.39 Å². The molecule has 1 N–H and O–H groups in total. The lowest BCUT2D eigenvalue weighted by molar-refractivity contribution is 0.0741. The molecule has 1 saturated heterocycles. The first-order chi connectivity index (χ1) is 9.61. The van der Waals surface area contributed by atoms with E-state index in [0.717, 1.165) is 25.0 Å². The van der Waals surface area contributed by atoms with E-state index in [4.69, 9.17) is 21.7 Å². The fourth-order valence-corrected chi connectivity index (χ4v) is 3.21. The third kappa shape index (κ3) is 2.13. The Labute approximate surface area is 121 Å². The number of H-pyrrole nitrogens is 1. The van der Waals surface area contributed by atoms with Gasteiger partial charge in [0.25, 0.3) is 0 Å². The van der Waals surface area contributed by atoms with Crippen molar-refractivity contribution >= 4 is 23.3 Å². The van der Waals surface area contributed by atoms with Gasteiger partial charge in [0, 0.05) is 18.7 Å². The zero-order valence-electron chi connectivity index (χ0n) is 11.5. The first kappa shape index (κ1) is 13.6. The average Bonchev–Trinajstić information content (AvgIpc) is 3.03. The van der Waals surface area contributed by atoms with Crippen molar-refractivity contribution in [1.29, 1.82) is 0 Å². The minimum Gasteiger partial charge on any atom is -0.494 e.